The van der Waals surface area contributed by atoms with Crippen LogP contribution in [0.1, 0.15) is 31.2 Å². The predicted molar refractivity (Wildman–Crippen MR) is 82.0 cm³/mol. The third-order valence-electron chi connectivity index (χ3n) is 3.51. The summed E-state index contributed by atoms with van der Waals surface area (Å²) in [7, 11) is 1.72. The number of nitrogen functional groups attached to an aromatic ring is 1. The van der Waals surface area contributed by atoms with Crippen molar-refractivity contribution in [1.82, 2.24) is 0 Å². The molecule has 0 aromatic heterocycles. The quantitative estimate of drug-likeness (QED) is 0.528. The molecule has 1 aliphatic heterocycles. The molecule has 0 atom stereocenters. The van der Waals surface area contributed by atoms with E-state index < -0.39 is 0 Å². The number of carbonyl (C=O) groups excluding carboxylic acids is 1. The van der Waals surface area contributed by atoms with Gasteiger partial charge in [0.15, 0.2) is 0 Å². The maximum Gasteiger partial charge on any atom is 0.224 e. The number of carbonyl (C=O) groups is 1. The number of anilines is 3. The van der Waals surface area contributed by atoms with Crippen molar-refractivity contribution in [2.45, 2.75) is 32.1 Å². The van der Waals surface area contributed by atoms with Crippen LogP contribution < -0.4 is 16.4 Å². The van der Waals surface area contributed by atoms with E-state index in [0.29, 0.717) is 6.42 Å². The van der Waals surface area contributed by atoms with Gasteiger partial charge < -0.3 is 21.1 Å². The van der Waals surface area contributed by atoms with Gasteiger partial charge in [-0.15, -0.1) is 0 Å². The molecule has 0 fully saturated rings. The molecule has 110 valence electrons. The SMILES string of the molecule is COCCCCCNc1cc2c(cc1N)CCC(=O)N2. The van der Waals surface area contributed by atoms with E-state index >= 15 is 0 Å². The number of nitrogens with one attached hydrogen (secondary N) is 2. The van der Waals surface area contributed by atoms with Gasteiger partial charge in [0.05, 0.1) is 11.4 Å². The first-order valence-corrected chi connectivity index (χ1v) is 7.16. The van der Waals surface area contributed by atoms with E-state index in [1.165, 1.54) is 0 Å². The fourth-order valence-corrected chi connectivity index (χ4v) is 2.37. The van der Waals surface area contributed by atoms with Crippen molar-refractivity contribution in [3.05, 3.63) is 17.7 Å². The number of hydrogen-bond acceptors (Lipinski definition) is 4. The summed E-state index contributed by atoms with van der Waals surface area (Å²) in [5, 5.41) is 6.23. The summed E-state index contributed by atoms with van der Waals surface area (Å²) in [5.41, 5.74) is 9.70. The van der Waals surface area contributed by atoms with Crippen LogP contribution in [0.3, 0.4) is 0 Å². The third-order valence-corrected chi connectivity index (χ3v) is 3.51. The molecule has 1 aromatic rings. The first-order chi connectivity index (χ1) is 9.70. The fraction of sp³-hybridized carbons (Fsp3) is 0.533. The molecular weight excluding hydrogens is 254 g/mol. The molecule has 20 heavy (non-hydrogen) atoms. The Hall–Kier alpha value is -1.75. The van der Waals surface area contributed by atoms with Gasteiger partial charge in [0.1, 0.15) is 0 Å². The molecule has 5 nitrogen and oxygen atoms in total. The summed E-state index contributed by atoms with van der Waals surface area (Å²) >= 11 is 0. The minimum absolute atomic E-state index is 0.0767. The van der Waals surface area contributed by atoms with E-state index in [1.54, 1.807) is 7.11 Å². The summed E-state index contributed by atoms with van der Waals surface area (Å²) in [6.45, 7) is 1.69. The second-order valence-electron chi connectivity index (χ2n) is 5.13. The number of nitrogens with two attached hydrogens (primary N) is 1. The minimum Gasteiger partial charge on any atom is -0.397 e. The normalized spacial score (nSPS) is 13.8. The summed E-state index contributed by atoms with van der Waals surface area (Å²) in [6.07, 6.45) is 4.59. The van der Waals surface area contributed by atoms with Crippen molar-refractivity contribution in [2.24, 2.45) is 0 Å². The highest BCUT2D eigenvalue weighted by atomic mass is 16.5. The van der Waals surface area contributed by atoms with Crippen molar-refractivity contribution in [2.75, 3.05) is 36.6 Å². The van der Waals surface area contributed by atoms with Gasteiger partial charge >= 0.3 is 0 Å². The number of benzene rings is 1. The number of fused-ring (bicyclic) bond motifs is 1. The van der Waals surface area contributed by atoms with Crippen LogP contribution in [0.2, 0.25) is 0 Å². The van der Waals surface area contributed by atoms with E-state index in [0.717, 1.165) is 61.5 Å². The summed E-state index contributed by atoms with van der Waals surface area (Å²) < 4.78 is 5.02. The van der Waals surface area contributed by atoms with Crippen molar-refractivity contribution in [3.63, 3.8) is 0 Å². The second-order valence-corrected chi connectivity index (χ2v) is 5.13. The summed E-state index contributed by atoms with van der Waals surface area (Å²) in [5.74, 6) is 0.0767. The van der Waals surface area contributed by atoms with Crippen LogP contribution >= 0.6 is 0 Å². The lowest BCUT2D eigenvalue weighted by Gasteiger charge is -2.19. The number of hydrogen-bond donors (Lipinski definition) is 3. The largest absolute Gasteiger partial charge is 0.397 e. The Morgan fingerprint density at radius 3 is 2.95 bits per heavy atom. The molecule has 1 heterocycles. The smallest absolute Gasteiger partial charge is 0.224 e. The number of aryl methyl sites for hydroxylation is 1. The van der Waals surface area contributed by atoms with Gasteiger partial charge in [0, 0.05) is 32.4 Å². The molecule has 0 spiro atoms. The number of ether oxygens (including phenoxy) is 1. The lowest BCUT2D eigenvalue weighted by atomic mass is 10.0. The van der Waals surface area contributed by atoms with Gasteiger partial charge in [-0.25, -0.2) is 0 Å². The van der Waals surface area contributed by atoms with Crippen LogP contribution in [0.15, 0.2) is 12.1 Å². The van der Waals surface area contributed by atoms with E-state index in [-0.39, 0.29) is 5.91 Å². The molecule has 0 saturated heterocycles. The van der Waals surface area contributed by atoms with Gasteiger partial charge in [-0.05, 0) is 43.4 Å². The number of unbranched alkanes of at least 4 members (excludes halogenated alkanes) is 2. The topological polar surface area (TPSA) is 76.4 Å². The molecule has 0 unspecified atom stereocenters. The lowest BCUT2D eigenvalue weighted by molar-refractivity contribution is -0.116. The molecule has 0 aliphatic carbocycles. The average molecular weight is 277 g/mol. The van der Waals surface area contributed by atoms with Gasteiger partial charge in [-0.2, -0.15) is 0 Å². The van der Waals surface area contributed by atoms with Crippen molar-refractivity contribution in [3.8, 4) is 0 Å². The number of amides is 1. The molecule has 1 aliphatic rings. The van der Waals surface area contributed by atoms with E-state index in [9.17, 15) is 4.79 Å². The Labute approximate surface area is 119 Å². The van der Waals surface area contributed by atoms with E-state index in [1.807, 2.05) is 12.1 Å². The second kappa shape index (κ2) is 7.14. The van der Waals surface area contributed by atoms with Crippen LogP contribution in [-0.4, -0.2) is 26.2 Å². The average Bonchev–Trinajstić information content (AvgIpc) is 2.43. The number of rotatable bonds is 7. The Balaban J connectivity index is 1.88. The van der Waals surface area contributed by atoms with Crippen molar-refractivity contribution >= 4 is 23.0 Å². The van der Waals surface area contributed by atoms with Gasteiger partial charge in [0.2, 0.25) is 5.91 Å². The first-order valence-electron chi connectivity index (χ1n) is 7.16. The highest BCUT2D eigenvalue weighted by Crippen LogP contribution is 2.30. The summed E-state index contributed by atoms with van der Waals surface area (Å²) in [4.78, 5) is 11.4. The maximum atomic E-state index is 11.4. The Morgan fingerprint density at radius 2 is 2.15 bits per heavy atom. The maximum absolute atomic E-state index is 11.4. The molecule has 2 rings (SSSR count). The summed E-state index contributed by atoms with van der Waals surface area (Å²) in [6, 6.07) is 3.90. The molecular formula is C15H23N3O2. The van der Waals surface area contributed by atoms with Crippen LogP contribution in [0, 0.1) is 0 Å². The van der Waals surface area contributed by atoms with Crippen LogP contribution in [0.25, 0.3) is 0 Å². The zero-order chi connectivity index (χ0) is 14.4. The molecule has 0 radical (unpaired) electrons. The number of methoxy groups -OCH3 is 1. The fourth-order valence-electron chi connectivity index (χ4n) is 2.37. The standard InChI is InChI=1S/C15H23N3O2/c1-20-8-4-2-3-7-17-14-10-13-11(9-12(14)16)5-6-15(19)18-13/h9-10,17H,2-8,16H2,1H3,(H,18,19). The highest BCUT2D eigenvalue weighted by Gasteiger charge is 2.16. The molecule has 0 saturated carbocycles. The first kappa shape index (κ1) is 14.7. The lowest BCUT2D eigenvalue weighted by Crippen LogP contribution is -2.19. The van der Waals surface area contributed by atoms with E-state index in [4.69, 9.17) is 10.5 Å². The van der Waals surface area contributed by atoms with Crippen molar-refractivity contribution in [1.29, 1.82) is 0 Å². The van der Waals surface area contributed by atoms with Crippen LogP contribution in [0.4, 0.5) is 17.1 Å². The van der Waals surface area contributed by atoms with Crippen LogP contribution in [0.5, 0.6) is 0 Å². The van der Waals surface area contributed by atoms with E-state index in [2.05, 4.69) is 10.6 Å². The van der Waals surface area contributed by atoms with Crippen molar-refractivity contribution < 1.29 is 9.53 Å². The Kier molecular flexibility index (Phi) is 5.24. The highest BCUT2D eigenvalue weighted by molar-refractivity contribution is 5.95. The molecule has 0 bridgehead atoms. The predicted octanol–water partition coefficient (Wildman–Crippen LogP) is 2.38. The Bertz CT molecular complexity index is 474. The zero-order valence-corrected chi connectivity index (χ0v) is 12.0. The van der Waals surface area contributed by atoms with Gasteiger partial charge in [0.25, 0.3) is 0 Å². The monoisotopic (exact) mass is 277 g/mol. The van der Waals surface area contributed by atoms with Gasteiger partial charge in [-0.1, -0.05) is 0 Å². The Morgan fingerprint density at radius 1 is 1.30 bits per heavy atom. The van der Waals surface area contributed by atoms with Gasteiger partial charge in [-0.3, -0.25) is 4.79 Å². The molecule has 1 amide bonds. The van der Waals surface area contributed by atoms with Crippen LogP contribution in [-0.2, 0) is 16.0 Å². The molecule has 5 heteroatoms. The third kappa shape index (κ3) is 3.87. The zero-order valence-electron chi connectivity index (χ0n) is 12.0. The molecule has 1 aromatic carbocycles. The minimum atomic E-state index is 0.0767. The molecule has 4 N–H and O–H groups in total.